The fourth-order valence-corrected chi connectivity index (χ4v) is 6.27. The van der Waals surface area contributed by atoms with Crippen LogP contribution in [0.5, 0.6) is 0 Å². The molecule has 2 aromatic carbocycles. The van der Waals surface area contributed by atoms with Crippen molar-refractivity contribution in [2.24, 2.45) is 0 Å². The number of nitrogens with zero attached hydrogens (tertiary/aromatic N) is 3. The molecule has 186 valence electrons. The van der Waals surface area contributed by atoms with Gasteiger partial charge in [0.1, 0.15) is 5.69 Å². The maximum absolute atomic E-state index is 13.0. The molecular weight excluding hydrogens is 492 g/mol. The number of thiophene rings is 1. The van der Waals surface area contributed by atoms with E-state index in [0.717, 1.165) is 21.8 Å². The second-order valence-electron chi connectivity index (χ2n) is 8.08. The van der Waals surface area contributed by atoms with E-state index in [-0.39, 0.29) is 10.8 Å². The molecule has 1 amide bonds. The second kappa shape index (κ2) is 11.0. The molecule has 0 aliphatic carbocycles. The number of para-hydroxylation sites is 1. The minimum absolute atomic E-state index is 0.192. The summed E-state index contributed by atoms with van der Waals surface area (Å²) < 4.78 is 29.2. The summed E-state index contributed by atoms with van der Waals surface area (Å²) in [4.78, 5) is 14.0. The van der Waals surface area contributed by atoms with Crippen molar-refractivity contribution in [3.63, 3.8) is 0 Å². The predicted molar refractivity (Wildman–Crippen MR) is 146 cm³/mol. The number of nitrogens with one attached hydrogen (secondary N) is 1. The van der Waals surface area contributed by atoms with Crippen LogP contribution in [-0.2, 0) is 14.8 Å². The largest absolute Gasteiger partial charge is 0.322 e. The number of sulfonamides is 1. The molecule has 0 spiro atoms. The number of anilines is 1. The molecule has 0 bridgehead atoms. The van der Waals surface area contributed by atoms with Crippen LogP contribution in [0.25, 0.3) is 22.3 Å². The first kappa shape index (κ1) is 25.6. The Balaban J connectivity index is 1.59. The van der Waals surface area contributed by atoms with E-state index < -0.39 is 10.0 Å². The van der Waals surface area contributed by atoms with Gasteiger partial charge in [-0.05, 0) is 54.3 Å². The normalized spacial score (nSPS) is 11.9. The molecule has 2 aromatic heterocycles. The molecule has 0 radical (unpaired) electrons. The Labute approximate surface area is 215 Å². The molecule has 4 aromatic rings. The van der Waals surface area contributed by atoms with Gasteiger partial charge in [-0.1, -0.05) is 44.2 Å². The number of aryl methyl sites for hydroxylation is 1. The molecular formula is C27H28N4O3S2. The van der Waals surface area contributed by atoms with Crippen LogP contribution in [0.15, 0.2) is 83.2 Å². The maximum Gasteiger partial charge on any atom is 0.248 e. The third kappa shape index (κ3) is 5.48. The lowest BCUT2D eigenvalue weighted by Crippen LogP contribution is -2.31. The quantitative estimate of drug-likeness (QED) is 0.292. The van der Waals surface area contributed by atoms with Gasteiger partial charge < -0.3 is 5.32 Å². The predicted octanol–water partition coefficient (Wildman–Crippen LogP) is 5.59. The number of amides is 1. The van der Waals surface area contributed by atoms with E-state index in [4.69, 9.17) is 5.10 Å². The van der Waals surface area contributed by atoms with E-state index in [1.54, 1.807) is 55.0 Å². The molecule has 7 nitrogen and oxygen atoms in total. The third-order valence-corrected chi connectivity index (χ3v) is 8.78. The van der Waals surface area contributed by atoms with Crippen LogP contribution in [-0.4, -0.2) is 41.5 Å². The molecule has 1 N–H and O–H groups in total. The summed E-state index contributed by atoms with van der Waals surface area (Å²) >= 11 is 1.58. The number of aromatic nitrogens is 2. The average Bonchev–Trinajstić information content (AvgIpc) is 3.55. The highest BCUT2D eigenvalue weighted by atomic mass is 32.2. The van der Waals surface area contributed by atoms with Crippen molar-refractivity contribution in [1.29, 1.82) is 0 Å². The zero-order chi connectivity index (χ0) is 25.7. The lowest BCUT2D eigenvalue weighted by Gasteiger charge is -2.20. The van der Waals surface area contributed by atoms with E-state index in [1.165, 1.54) is 16.4 Å². The number of carbonyl (C=O) groups excluding carboxylic acids is 1. The molecule has 9 heteroatoms. The van der Waals surface area contributed by atoms with Gasteiger partial charge in [-0.3, -0.25) is 4.79 Å². The van der Waals surface area contributed by atoms with E-state index in [0.29, 0.717) is 24.3 Å². The minimum Gasteiger partial charge on any atom is -0.322 e. The SMILES string of the molecule is CCN(CC)S(=O)(=O)c1cc(NC(=O)/C=C/c2cn(-c3ccccc3)nc2-c2cccs2)ccc1C. The van der Waals surface area contributed by atoms with Crippen LogP contribution < -0.4 is 5.32 Å². The molecule has 0 aliphatic heterocycles. The van der Waals surface area contributed by atoms with Crippen LogP contribution >= 0.6 is 11.3 Å². The molecule has 0 unspecified atom stereocenters. The Morgan fingerprint density at radius 2 is 1.83 bits per heavy atom. The fraction of sp³-hybridized carbons (Fsp3) is 0.185. The zero-order valence-electron chi connectivity index (χ0n) is 20.4. The summed E-state index contributed by atoms with van der Waals surface area (Å²) in [6, 6.07) is 18.6. The van der Waals surface area contributed by atoms with Crippen molar-refractivity contribution in [2.45, 2.75) is 25.7 Å². The van der Waals surface area contributed by atoms with Gasteiger partial charge in [-0.15, -0.1) is 11.3 Å². The van der Waals surface area contributed by atoms with Gasteiger partial charge in [0.05, 0.1) is 15.5 Å². The summed E-state index contributed by atoms with van der Waals surface area (Å²) in [5.41, 5.74) is 3.54. The van der Waals surface area contributed by atoms with Crippen LogP contribution in [0.4, 0.5) is 5.69 Å². The van der Waals surface area contributed by atoms with Gasteiger partial charge in [-0.25, -0.2) is 13.1 Å². The molecule has 4 rings (SSSR count). The topological polar surface area (TPSA) is 84.3 Å². The van der Waals surface area contributed by atoms with Crippen LogP contribution in [0.3, 0.4) is 0 Å². The van der Waals surface area contributed by atoms with Gasteiger partial charge >= 0.3 is 0 Å². The number of rotatable bonds is 9. The lowest BCUT2D eigenvalue weighted by molar-refractivity contribution is -0.111. The Bertz CT molecular complexity index is 1470. The summed E-state index contributed by atoms with van der Waals surface area (Å²) in [6.07, 6.45) is 5.04. The van der Waals surface area contributed by atoms with Gasteiger partial charge in [0.2, 0.25) is 15.9 Å². The summed E-state index contributed by atoms with van der Waals surface area (Å²) in [6.45, 7) is 6.11. The zero-order valence-corrected chi connectivity index (χ0v) is 22.0. The van der Waals surface area contributed by atoms with Gasteiger partial charge in [-0.2, -0.15) is 9.40 Å². The number of hydrogen-bond acceptors (Lipinski definition) is 5. The highest BCUT2D eigenvalue weighted by molar-refractivity contribution is 7.89. The molecule has 36 heavy (non-hydrogen) atoms. The second-order valence-corrected chi connectivity index (χ2v) is 10.9. The monoisotopic (exact) mass is 520 g/mol. The van der Waals surface area contributed by atoms with Gasteiger partial charge in [0.15, 0.2) is 0 Å². The Morgan fingerprint density at radius 1 is 1.08 bits per heavy atom. The third-order valence-electron chi connectivity index (χ3n) is 5.71. The van der Waals surface area contributed by atoms with Gasteiger partial charge in [0.25, 0.3) is 0 Å². The molecule has 2 heterocycles. The van der Waals surface area contributed by atoms with E-state index in [9.17, 15) is 13.2 Å². The molecule has 0 saturated carbocycles. The highest BCUT2D eigenvalue weighted by Gasteiger charge is 2.24. The lowest BCUT2D eigenvalue weighted by atomic mass is 10.2. The van der Waals surface area contributed by atoms with Crippen LogP contribution in [0.2, 0.25) is 0 Å². The van der Waals surface area contributed by atoms with E-state index in [2.05, 4.69) is 5.32 Å². The van der Waals surface area contributed by atoms with Crippen LogP contribution in [0, 0.1) is 6.92 Å². The van der Waals surface area contributed by atoms with Crippen molar-refractivity contribution in [3.05, 3.63) is 89.4 Å². The van der Waals surface area contributed by atoms with E-state index >= 15 is 0 Å². The number of hydrogen-bond donors (Lipinski definition) is 1. The molecule has 0 saturated heterocycles. The summed E-state index contributed by atoms with van der Waals surface area (Å²) in [5, 5.41) is 9.51. The minimum atomic E-state index is -3.65. The van der Waals surface area contributed by atoms with Crippen molar-refractivity contribution in [1.82, 2.24) is 14.1 Å². The molecule has 0 atom stereocenters. The Morgan fingerprint density at radius 3 is 2.50 bits per heavy atom. The molecule has 0 fully saturated rings. The summed E-state index contributed by atoms with van der Waals surface area (Å²) in [7, 11) is -3.65. The van der Waals surface area contributed by atoms with Crippen molar-refractivity contribution in [3.8, 4) is 16.3 Å². The van der Waals surface area contributed by atoms with Crippen molar-refractivity contribution in [2.75, 3.05) is 18.4 Å². The molecule has 0 aliphatic rings. The Hall–Kier alpha value is -3.53. The van der Waals surface area contributed by atoms with Crippen molar-refractivity contribution < 1.29 is 13.2 Å². The first-order valence-electron chi connectivity index (χ1n) is 11.6. The summed E-state index contributed by atoms with van der Waals surface area (Å²) in [5.74, 6) is -0.366. The van der Waals surface area contributed by atoms with Crippen LogP contribution in [0.1, 0.15) is 25.0 Å². The van der Waals surface area contributed by atoms with Gasteiger partial charge in [0, 0.05) is 36.6 Å². The maximum atomic E-state index is 13.0. The highest BCUT2D eigenvalue weighted by Crippen LogP contribution is 2.29. The first-order valence-corrected chi connectivity index (χ1v) is 13.9. The average molecular weight is 521 g/mol. The standard InChI is InChI=1S/C27H28N4O3S2/c1-4-30(5-2)36(33,34)25-18-22(15-13-20(25)3)28-26(32)16-14-21-19-31(23-10-7-6-8-11-23)29-27(21)24-12-9-17-35-24/h6-19H,4-5H2,1-3H3,(H,28,32)/b16-14+. The number of benzene rings is 2. The fourth-order valence-electron chi connectivity index (χ4n) is 3.83. The Kier molecular flexibility index (Phi) is 7.83. The smallest absolute Gasteiger partial charge is 0.248 e. The van der Waals surface area contributed by atoms with E-state index in [1.807, 2.05) is 54.0 Å². The van der Waals surface area contributed by atoms with Crippen molar-refractivity contribution >= 4 is 39.0 Å². The number of carbonyl (C=O) groups is 1. The first-order chi connectivity index (χ1) is 17.3.